The highest BCUT2D eigenvalue weighted by molar-refractivity contribution is 5.75. The lowest BCUT2D eigenvalue weighted by atomic mass is 10.0. The maximum atomic E-state index is 12.0. The van der Waals surface area contributed by atoms with Crippen molar-refractivity contribution in [3.05, 3.63) is 58.1 Å². The van der Waals surface area contributed by atoms with Crippen molar-refractivity contribution in [3.63, 3.8) is 0 Å². The van der Waals surface area contributed by atoms with E-state index < -0.39 is 30.4 Å². The lowest BCUT2D eigenvalue weighted by Crippen LogP contribution is -2.39. The Bertz CT molecular complexity index is 884. The summed E-state index contributed by atoms with van der Waals surface area (Å²) in [6, 6.07) is 6.97. The summed E-state index contributed by atoms with van der Waals surface area (Å²) >= 11 is 0. The second kappa shape index (κ2) is 16.9. The molecular formula is C28H45N3O6. The largest absolute Gasteiger partial charge is 0.507 e. The van der Waals surface area contributed by atoms with Gasteiger partial charge in [-0.25, -0.2) is 5.01 Å². The van der Waals surface area contributed by atoms with Gasteiger partial charge in [-0.3, -0.25) is 4.79 Å². The van der Waals surface area contributed by atoms with Gasteiger partial charge in [0.1, 0.15) is 24.5 Å². The Labute approximate surface area is 221 Å². The van der Waals surface area contributed by atoms with Crippen LogP contribution < -0.4 is 5.73 Å². The fourth-order valence-electron chi connectivity index (χ4n) is 3.69. The van der Waals surface area contributed by atoms with Gasteiger partial charge in [0.2, 0.25) is 0 Å². The predicted molar refractivity (Wildman–Crippen MR) is 146 cm³/mol. The molecule has 0 saturated carbocycles. The Morgan fingerprint density at radius 3 is 2.49 bits per heavy atom. The standard InChI is InChI=1S/C26H39N3O6.C2H6/c1-5-6-7-8-19-9-11-20(12-10-19)21(30)13-18(4)15-29(28-33)24-14-22(31)23(35-24)16-34-26(32)25(27)17(2)3;1-2/h9-13,15,17,22-25,30-31H,5-8,14,16,27H2,1-4H3;1-2H3/b18-15-,21-13-;/t22-,23?,24-,25?;/m1./s1. The Kier molecular flexibility index (Phi) is 14.7. The van der Waals surface area contributed by atoms with Crippen LogP contribution in [-0.4, -0.2) is 52.3 Å². The number of aliphatic hydroxyl groups excluding tert-OH is 2. The third-order valence-corrected chi connectivity index (χ3v) is 5.99. The van der Waals surface area contributed by atoms with Crippen LogP contribution in [-0.2, 0) is 20.7 Å². The van der Waals surface area contributed by atoms with Crippen LogP contribution in [0.3, 0.4) is 0 Å². The third kappa shape index (κ3) is 10.6. The van der Waals surface area contributed by atoms with E-state index in [2.05, 4.69) is 12.2 Å². The molecule has 4 N–H and O–H groups in total. The van der Waals surface area contributed by atoms with Gasteiger partial charge in [-0.05, 0) is 42.9 Å². The van der Waals surface area contributed by atoms with E-state index in [1.54, 1.807) is 20.8 Å². The van der Waals surface area contributed by atoms with E-state index in [1.807, 2.05) is 38.1 Å². The van der Waals surface area contributed by atoms with Gasteiger partial charge < -0.3 is 25.4 Å². The van der Waals surface area contributed by atoms with E-state index in [0.717, 1.165) is 17.9 Å². The number of carbonyl (C=O) groups excluding carboxylic acids is 1. The van der Waals surface area contributed by atoms with Crippen molar-refractivity contribution < 1.29 is 24.5 Å². The van der Waals surface area contributed by atoms with E-state index >= 15 is 0 Å². The molecular weight excluding hydrogens is 474 g/mol. The number of nitrogens with zero attached hydrogens (tertiary/aromatic N) is 2. The van der Waals surface area contributed by atoms with E-state index in [0.29, 0.717) is 11.1 Å². The van der Waals surface area contributed by atoms with Gasteiger partial charge >= 0.3 is 5.97 Å². The maximum Gasteiger partial charge on any atom is 0.323 e. The molecule has 37 heavy (non-hydrogen) atoms. The summed E-state index contributed by atoms with van der Waals surface area (Å²) in [5.74, 6) is -0.598. The van der Waals surface area contributed by atoms with Crippen molar-refractivity contribution >= 4 is 11.7 Å². The number of aryl methyl sites for hydroxylation is 1. The summed E-state index contributed by atoms with van der Waals surface area (Å²) in [5, 5.41) is 24.8. The number of carbonyl (C=O) groups is 1. The number of unbranched alkanes of at least 4 members (excludes halogenated alkanes) is 2. The normalized spacial score (nSPS) is 20.7. The monoisotopic (exact) mass is 519 g/mol. The second-order valence-corrected chi connectivity index (χ2v) is 9.35. The van der Waals surface area contributed by atoms with Crippen LogP contribution >= 0.6 is 0 Å². The van der Waals surface area contributed by atoms with Gasteiger partial charge in [-0.15, -0.1) is 4.91 Å². The smallest absolute Gasteiger partial charge is 0.323 e. The molecule has 0 amide bonds. The number of hydrogen-bond acceptors (Lipinski definition) is 8. The molecule has 1 aliphatic heterocycles. The average molecular weight is 520 g/mol. The topological polar surface area (TPSA) is 135 Å². The molecule has 4 atom stereocenters. The predicted octanol–water partition coefficient (Wildman–Crippen LogP) is 5.23. The molecule has 1 aromatic carbocycles. The van der Waals surface area contributed by atoms with E-state index in [4.69, 9.17) is 15.2 Å². The van der Waals surface area contributed by atoms with Crippen molar-refractivity contribution in [2.45, 2.75) is 98.1 Å². The van der Waals surface area contributed by atoms with Crippen molar-refractivity contribution in [3.8, 4) is 0 Å². The summed E-state index contributed by atoms with van der Waals surface area (Å²) in [5.41, 5.74) is 8.22. The minimum Gasteiger partial charge on any atom is -0.507 e. The minimum absolute atomic E-state index is 0.0587. The number of benzene rings is 1. The number of nitrogens with two attached hydrogens (primary N) is 1. The maximum absolute atomic E-state index is 12.0. The molecule has 1 fully saturated rings. The quantitative estimate of drug-likeness (QED) is 0.0805. The van der Waals surface area contributed by atoms with Crippen LogP contribution in [0, 0.1) is 10.8 Å². The summed E-state index contributed by atoms with van der Waals surface area (Å²) in [4.78, 5) is 23.4. The molecule has 9 heteroatoms. The molecule has 1 saturated heterocycles. The molecule has 0 radical (unpaired) electrons. The van der Waals surface area contributed by atoms with Gasteiger partial charge in [0.15, 0.2) is 6.23 Å². The lowest BCUT2D eigenvalue weighted by molar-refractivity contribution is -0.153. The first-order valence-electron chi connectivity index (χ1n) is 13.2. The number of hydrogen-bond donors (Lipinski definition) is 3. The molecule has 2 rings (SSSR count). The van der Waals surface area contributed by atoms with Gasteiger partial charge in [0.05, 0.1) is 11.4 Å². The molecule has 0 spiro atoms. The summed E-state index contributed by atoms with van der Waals surface area (Å²) < 4.78 is 10.9. The zero-order valence-electron chi connectivity index (χ0n) is 23.1. The van der Waals surface area contributed by atoms with Crippen molar-refractivity contribution in [1.29, 1.82) is 0 Å². The Hall–Kier alpha value is -2.75. The second-order valence-electron chi connectivity index (χ2n) is 9.35. The number of aliphatic hydroxyl groups is 2. The van der Waals surface area contributed by atoms with Crippen LogP contribution in [0.1, 0.15) is 78.4 Å². The fourth-order valence-corrected chi connectivity index (χ4v) is 3.69. The molecule has 1 heterocycles. The first-order chi connectivity index (χ1) is 17.7. The molecule has 9 nitrogen and oxygen atoms in total. The average Bonchev–Trinajstić information content (AvgIpc) is 3.26. The molecule has 1 aliphatic rings. The Balaban J connectivity index is 0.00000334. The molecule has 0 bridgehead atoms. The first kappa shape index (κ1) is 32.3. The van der Waals surface area contributed by atoms with Gasteiger partial charge in [-0.2, -0.15) is 0 Å². The third-order valence-electron chi connectivity index (χ3n) is 5.99. The molecule has 0 aromatic heterocycles. The van der Waals surface area contributed by atoms with Gasteiger partial charge in [0, 0.05) is 18.2 Å². The summed E-state index contributed by atoms with van der Waals surface area (Å²) in [6.07, 6.45) is 4.99. The number of allylic oxidation sites excluding steroid dienone is 2. The highest BCUT2D eigenvalue weighted by Crippen LogP contribution is 2.25. The van der Waals surface area contributed by atoms with E-state index in [1.165, 1.54) is 30.7 Å². The number of ether oxygens (including phenoxy) is 2. The zero-order chi connectivity index (χ0) is 28.0. The number of esters is 1. The fraction of sp³-hybridized carbons (Fsp3) is 0.607. The van der Waals surface area contributed by atoms with Crippen LogP contribution in [0.2, 0.25) is 0 Å². The van der Waals surface area contributed by atoms with Crippen LogP contribution in [0.5, 0.6) is 0 Å². The Morgan fingerprint density at radius 1 is 1.27 bits per heavy atom. The molecule has 1 aromatic rings. The molecule has 2 unspecified atom stereocenters. The molecule has 208 valence electrons. The number of rotatable bonds is 13. The van der Waals surface area contributed by atoms with Gasteiger partial charge in [0.25, 0.3) is 0 Å². The van der Waals surface area contributed by atoms with Gasteiger partial charge in [-0.1, -0.05) is 71.7 Å². The van der Waals surface area contributed by atoms with Crippen molar-refractivity contribution in [2.24, 2.45) is 16.9 Å². The van der Waals surface area contributed by atoms with Crippen LogP contribution in [0.15, 0.2) is 47.4 Å². The van der Waals surface area contributed by atoms with E-state index in [-0.39, 0.29) is 24.7 Å². The summed E-state index contributed by atoms with van der Waals surface area (Å²) in [6.45, 7) is 11.3. The van der Waals surface area contributed by atoms with Crippen LogP contribution in [0.4, 0.5) is 0 Å². The van der Waals surface area contributed by atoms with Crippen molar-refractivity contribution in [1.82, 2.24) is 5.01 Å². The highest BCUT2D eigenvalue weighted by Gasteiger charge is 2.38. The highest BCUT2D eigenvalue weighted by atomic mass is 16.6. The SMILES string of the molecule is CC.CCCCCc1ccc(/C(O)=C/C(C)=C\N(N=O)[C@H]2C[C@@H](O)C(COC(=O)C(N)C(C)C)O2)cc1. The van der Waals surface area contributed by atoms with Crippen LogP contribution in [0.25, 0.3) is 5.76 Å². The number of nitroso groups, excluding NO2 is 1. The Morgan fingerprint density at radius 2 is 1.92 bits per heavy atom. The molecule has 0 aliphatic carbocycles. The minimum atomic E-state index is -0.944. The lowest BCUT2D eigenvalue weighted by Gasteiger charge is -2.20. The summed E-state index contributed by atoms with van der Waals surface area (Å²) in [7, 11) is 0. The van der Waals surface area contributed by atoms with Crippen molar-refractivity contribution in [2.75, 3.05) is 6.61 Å². The van der Waals surface area contributed by atoms with E-state index in [9.17, 15) is 19.9 Å². The first-order valence-corrected chi connectivity index (χ1v) is 13.2. The zero-order valence-corrected chi connectivity index (χ0v) is 23.1.